The number of rotatable bonds is 3. The molecule has 0 aliphatic carbocycles. The molecule has 4 aromatic rings. The van der Waals surface area contributed by atoms with Gasteiger partial charge in [-0.2, -0.15) is 0 Å². The second-order valence-corrected chi connectivity index (χ2v) is 5.73. The number of carbonyl (C=O) groups is 1. The van der Waals surface area contributed by atoms with Crippen LogP contribution in [0.5, 0.6) is 0 Å². The van der Waals surface area contributed by atoms with Gasteiger partial charge in [-0.3, -0.25) is 9.59 Å². The molecule has 134 valence electrons. The van der Waals surface area contributed by atoms with Gasteiger partial charge in [0.05, 0.1) is 16.6 Å². The first-order valence-corrected chi connectivity index (χ1v) is 8.90. The highest BCUT2D eigenvalue weighted by Gasteiger charge is 2.12. The van der Waals surface area contributed by atoms with E-state index in [-0.39, 0.29) is 5.56 Å². The van der Waals surface area contributed by atoms with Crippen LogP contribution < -0.4 is 5.56 Å². The van der Waals surface area contributed by atoms with E-state index in [0.717, 1.165) is 28.7 Å². The van der Waals surface area contributed by atoms with E-state index in [9.17, 15) is 9.59 Å². The Kier molecular flexibility index (Phi) is 5.57. The molecule has 0 radical (unpaired) electrons. The number of H-pyrrole nitrogens is 1. The first-order chi connectivity index (χ1) is 13.3. The van der Waals surface area contributed by atoms with Gasteiger partial charge in [-0.05, 0) is 17.7 Å². The van der Waals surface area contributed by atoms with Crippen LogP contribution in [0.25, 0.3) is 33.3 Å². The summed E-state index contributed by atoms with van der Waals surface area (Å²) in [6.45, 7) is 4.00. The highest BCUT2D eigenvalue weighted by atomic mass is 16.1. The van der Waals surface area contributed by atoms with Gasteiger partial charge in [0.2, 0.25) is 0 Å². The van der Waals surface area contributed by atoms with Gasteiger partial charge < -0.3 is 4.98 Å². The van der Waals surface area contributed by atoms with Crippen molar-refractivity contribution >= 4 is 17.2 Å². The van der Waals surface area contributed by atoms with Gasteiger partial charge in [0.1, 0.15) is 6.29 Å². The van der Waals surface area contributed by atoms with Crippen LogP contribution in [-0.2, 0) is 0 Å². The molecule has 0 spiro atoms. The first-order valence-electron chi connectivity index (χ1n) is 8.90. The molecule has 0 aliphatic heterocycles. The fourth-order valence-electron chi connectivity index (χ4n) is 2.89. The number of aromatic nitrogens is 2. The summed E-state index contributed by atoms with van der Waals surface area (Å²) in [7, 11) is 0. The Morgan fingerprint density at radius 1 is 0.889 bits per heavy atom. The van der Waals surface area contributed by atoms with Crippen LogP contribution in [0.3, 0.4) is 0 Å². The van der Waals surface area contributed by atoms with Gasteiger partial charge in [-0.15, -0.1) is 0 Å². The SMILES string of the molecule is CC.O=Cc1ccc(-c2nc3cc[nH]c(=O)c3cc2-c2ccccc2)cc1. The number of pyridine rings is 2. The molecule has 27 heavy (non-hydrogen) atoms. The topological polar surface area (TPSA) is 62.8 Å². The molecule has 1 N–H and O–H groups in total. The summed E-state index contributed by atoms with van der Waals surface area (Å²) < 4.78 is 0. The third-order valence-corrected chi connectivity index (χ3v) is 4.16. The Morgan fingerprint density at radius 3 is 2.26 bits per heavy atom. The van der Waals surface area contributed by atoms with E-state index in [1.165, 1.54) is 0 Å². The van der Waals surface area contributed by atoms with Crippen LogP contribution in [0.15, 0.2) is 77.7 Å². The van der Waals surface area contributed by atoms with Crippen molar-refractivity contribution < 1.29 is 4.79 Å². The molecule has 0 fully saturated rings. The molecule has 2 heterocycles. The van der Waals surface area contributed by atoms with Gasteiger partial charge >= 0.3 is 0 Å². The number of aromatic amines is 1. The lowest BCUT2D eigenvalue weighted by atomic mass is 9.97. The molecule has 4 heteroatoms. The van der Waals surface area contributed by atoms with Crippen LogP contribution >= 0.6 is 0 Å². The smallest absolute Gasteiger partial charge is 0.257 e. The highest BCUT2D eigenvalue weighted by Crippen LogP contribution is 2.32. The molecule has 2 aromatic heterocycles. The lowest BCUT2D eigenvalue weighted by Gasteiger charge is -2.11. The number of benzene rings is 2. The zero-order valence-corrected chi connectivity index (χ0v) is 15.3. The summed E-state index contributed by atoms with van der Waals surface area (Å²) in [5.74, 6) is 0. The number of carbonyl (C=O) groups excluding carboxylic acids is 1. The van der Waals surface area contributed by atoms with E-state index in [4.69, 9.17) is 4.98 Å². The van der Waals surface area contributed by atoms with Crippen molar-refractivity contribution in [1.82, 2.24) is 9.97 Å². The average molecular weight is 356 g/mol. The minimum Gasteiger partial charge on any atom is -0.328 e. The average Bonchev–Trinajstić information content (AvgIpc) is 2.75. The van der Waals surface area contributed by atoms with Crippen molar-refractivity contribution in [3.05, 3.63) is 88.8 Å². The number of hydrogen-bond acceptors (Lipinski definition) is 3. The zero-order chi connectivity index (χ0) is 19.2. The fraction of sp³-hybridized carbons (Fsp3) is 0.0870. The summed E-state index contributed by atoms with van der Waals surface area (Å²) in [5, 5.41) is 0.551. The maximum absolute atomic E-state index is 12.2. The van der Waals surface area contributed by atoms with Crippen molar-refractivity contribution in [1.29, 1.82) is 0 Å². The molecule has 2 aromatic carbocycles. The molecule has 0 aliphatic rings. The molecule has 4 rings (SSSR count). The standard InChI is InChI=1S/C21H14N2O2.C2H6/c24-13-14-6-8-16(9-7-14)20-17(15-4-2-1-3-5-15)12-18-19(23-20)10-11-22-21(18)25;1-2/h1-13H,(H,22,25);1-2H3. The fourth-order valence-corrected chi connectivity index (χ4v) is 2.89. The maximum Gasteiger partial charge on any atom is 0.257 e. The van der Waals surface area contributed by atoms with Crippen LogP contribution in [0.2, 0.25) is 0 Å². The van der Waals surface area contributed by atoms with E-state index in [0.29, 0.717) is 16.5 Å². The largest absolute Gasteiger partial charge is 0.328 e. The van der Waals surface area contributed by atoms with E-state index in [1.807, 2.05) is 62.4 Å². The van der Waals surface area contributed by atoms with Gasteiger partial charge in [0.15, 0.2) is 0 Å². The number of nitrogens with zero attached hydrogens (tertiary/aromatic N) is 1. The van der Waals surface area contributed by atoms with Crippen LogP contribution in [0.1, 0.15) is 24.2 Å². The molecule has 0 unspecified atom stereocenters. The van der Waals surface area contributed by atoms with Crippen LogP contribution in [0, 0.1) is 0 Å². The Labute approximate surface area is 157 Å². The number of fused-ring (bicyclic) bond motifs is 1. The van der Waals surface area contributed by atoms with Gasteiger partial charge in [-0.25, -0.2) is 4.98 Å². The van der Waals surface area contributed by atoms with Crippen LogP contribution in [0.4, 0.5) is 0 Å². The van der Waals surface area contributed by atoms with Gasteiger partial charge in [0, 0.05) is 22.9 Å². The summed E-state index contributed by atoms with van der Waals surface area (Å²) in [4.78, 5) is 30.5. The molecule has 0 atom stereocenters. The van der Waals surface area contributed by atoms with E-state index in [2.05, 4.69) is 4.98 Å². The van der Waals surface area contributed by atoms with Crippen molar-refractivity contribution in [2.45, 2.75) is 13.8 Å². The lowest BCUT2D eigenvalue weighted by molar-refractivity contribution is 0.112. The Bertz CT molecular complexity index is 1110. The van der Waals surface area contributed by atoms with E-state index in [1.54, 1.807) is 24.4 Å². The molecule has 0 saturated heterocycles. The van der Waals surface area contributed by atoms with Crippen molar-refractivity contribution in [3.8, 4) is 22.4 Å². The van der Waals surface area contributed by atoms with E-state index < -0.39 is 0 Å². The molecular formula is C23H20N2O2. The third-order valence-electron chi connectivity index (χ3n) is 4.16. The van der Waals surface area contributed by atoms with Gasteiger partial charge in [-0.1, -0.05) is 68.4 Å². The van der Waals surface area contributed by atoms with Crippen molar-refractivity contribution in [3.63, 3.8) is 0 Å². The summed E-state index contributed by atoms with van der Waals surface area (Å²) in [6.07, 6.45) is 2.41. The second kappa shape index (κ2) is 8.23. The second-order valence-electron chi connectivity index (χ2n) is 5.73. The predicted molar refractivity (Wildman–Crippen MR) is 110 cm³/mol. The maximum atomic E-state index is 12.2. The molecule has 4 nitrogen and oxygen atoms in total. The molecular weight excluding hydrogens is 336 g/mol. The normalized spacial score (nSPS) is 10.1. The summed E-state index contributed by atoms with van der Waals surface area (Å²) in [5.41, 5.74) is 4.62. The molecule has 0 amide bonds. The highest BCUT2D eigenvalue weighted by molar-refractivity contribution is 5.91. The monoisotopic (exact) mass is 356 g/mol. The summed E-state index contributed by atoms with van der Waals surface area (Å²) >= 11 is 0. The quantitative estimate of drug-likeness (QED) is 0.520. The number of nitrogens with one attached hydrogen (secondary N) is 1. The molecule has 0 bridgehead atoms. The Hall–Kier alpha value is -3.53. The minimum atomic E-state index is -0.162. The first kappa shape index (κ1) is 18.3. The van der Waals surface area contributed by atoms with Crippen molar-refractivity contribution in [2.75, 3.05) is 0 Å². The Balaban J connectivity index is 0.00000102. The Morgan fingerprint density at radius 2 is 1.59 bits per heavy atom. The molecule has 0 saturated carbocycles. The lowest BCUT2D eigenvalue weighted by Crippen LogP contribution is -2.06. The zero-order valence-electron chi connectivity index (χ0n) is 15.3. The predicted octanol–water partition coefficient (Wildman–Crippen LogP) is 5.10. The third kappa shape index (κ3) is 3.70. The van der Waals surface area contributed by atoms with Gasteiger partial charge in [0.25, 0.3) is 5.56 Å². The minimum absolute atomic E-state index is 0.162. The number of hydrogen-bond donors (Lipinski definition) is 1. The summed E-state index contributed by atoms with van der Waals surface area (Å²) in [6, 6.07) is 20.8. The van der Waals surface area contributed by atoms with E-state index >= 15 is 0 Å². The number of aldehydes is 1. The van der Waals surface area contributed by atoms with Crippen LogP contribution in [-0.4, -0.2) is 16.3 Å². The van der Waals surface area contributed by atoms with Crippen molar-refractivity contribution in [2.24, 2.45) is 0 Å².